The van der Waals surface area contributed by atoms with Gasteiger partial charge in [-0.25, -0.2) is 0 Å². The number of benzene rings is 8. The molecule has 0 fully saturated rings. The first kappa shape index (κ1) is 38.6. The lowest BCUT2D eigenvalue weighted by atomic mass is 9.31. The second-order valence-corrected chi connectivity index (χ2v) is 22.2. The summed E-state index contributed by atoms with van der Waals surface area (Å²) in [6.45, 7) is 12.9. The van der Waals surface area contributed by atoms with Crippen LogP contribution in [0.2, 0.25) is 0 Å². The predicted octanol–water partition coefficient (Wildman–Crippen LogP) is 9.78. The fourth-order valence-electron chi connectivity index (χ4n) is 12.9. The molecule has 2 aromatic heterocycles. The van der Waals surface area contributed by atoms with E-state index in [0.29, 0.717) is 0 Å². The molecule has 16 rings (SSSR count). The van der Waals surface area contributed by atoms with E-state index in [0.717, 1.165) is 113 Å². The number of nitrogens with one attached hydrogen (secondary N) is 1. The van der Waals surface area contributed by atoms with E-state index in [2.05, 4.69) is 173 Å². The molecule has 11 heteroatoms. The molecule has 10 aromatic rings. The van der Waals surface area contributed by atoms with Crippen LogP contribution in [0.15, 0.2) is 121 Å². The van der Waals surface area contributed by atoms with Crippen LogP contribution in [0.1, 0.15) is 33.4 Å². The van der Waals surface area contributed by atoms with Crippen molar-refractivity contribution in [3.05, 3.63) is 155 Å². The first-order chi connectivity index (χ1) is 33.6. The van der Waals surface area contributed by atoms with Crippen LogP contribution in [0.25, 0.3) is 20.2 Å². The van der Waals surface area contributed by atoms with E-state index in [1.807, 2.05) is 22.7 Å². The van der Waals surface area contributed by atoms with Gasteiger partial charge in [-0.2, -0.15) is 0 Å². The Balaban J connectivity index is 0.972. The zero-order chi connectivity index (χ0) is 45.9. The van der Waals surface area contributed by atoms with Gasteiger partial charge in [0.25, 0.3) is 20.1 Å². The Bertz CT molecular complexity index is 4060. The van der Waals surface area contributed by atoms with Crippen LogP contribution < -0.4 is 77.0 Å². The molecule has 0 radical (unpaired) electrons. The second kappa shape index (κ2) is 13.3. The van der Waals surface area contributed by atoms with Gasteiger partial charge in [-0.1, -0.05) is 54.1 Å². The first-order valence-corrected chi connectivity index (χ1v) is 25.4. The van der Waals surface area contributed by atoms with Gasteiger partial charge >= 0.3 is 0 Å². The number of fused-ring (bicyclic) bond motifs is 16. The molecule has 0 atom stereocenters. The second-order valence-electron chi connectivity index (χ2n) is 20.0. The number of rotatable bonds is 1. The fourth-order valence-corrected chi connectivity index (χ4v) is 15.4. The number of hydrogen-bond donors (Lipinski definition) is 1. The smallest absolute Gasteiger partial charge is 0.268 e. The molecule has 0 saturated heterocycles. The van der Waals surface area contributed by atoms with Crippen molar-refractivity contribution < 1.29 is 18.9 Å². The molecule has 6 nitrogen and oxygen atoms in total. The summed E-state index contributed by atoms with van der Waals surface area (Å²) >= 11 is 3.69. The summed E-state index contributed by atoms with van der Waals surface area (Å²) in [5.74, 6) is 7.16. The summed E-state index contributed by atoms with van der Waals surface area (Å²) in [6, 6.07) is 44.9. The Kier molecular flexibility index (Phi) is 7.42. The standard InChI is InChI=1S/C58H39B3N2O4S2/c1-27-15-31(5)54(32(6)16-27)63-41-26-44-38(24-36(41)61-52-42(63)18-29(3)20-46(52)67-56-34-12-8-10-14-50(34)69-58(56)61)59-37-23-35-39(25-43(37)64-47-21-30(4)22-48(65-44)53(47)59)62-40-17-28(2)19-45-51(40)60(35)57-55(66-45)33-11-7-9-13-49(33)68-57/h7-26,62H,1-6H3. The molecule has 0 bridgehead atoms. The van der Waals surface area contributed by atoms with Crippen LogP contribution >= 0.6 is 22.7 Å². The van der Waals surface area contributed by atoms with E-state index in [1.165, 1.54) is 63.2 Å². The van der Waals surface area contributed by atoms with Crippen LogP contribution in [0.5, 0.6) is 46.0 Å². The molecule has 0 unspecified atom stereocenters. The van der Waals surface area contributed by atoms with Crippen molar-refractivity contribution in [3.8, 4) is 46.0 Å². The molecule has 1 N–H and O–H groups in total. The van der Waals surface area contributed by atoms with Crippen LogP contribution in [-0.4, -0.2) is 20.1 Å². The van der Waals surface area contributed by atoms with Gasteiger partial charge in [0.2, 0.25) is 0 Å². The first-order valence-electron chi connectivity index (χ1n) is 23.8. The van der Waals surface area contributed by atoms with E-state index in [1.54, 1.807) is 0 Å². The molecular weight excluding hydrogens is 885 g/mol. The SMILES string of the molecule is Cc1cc(C)c(N2c3cc4c(cc3B3c5sc6ccccc6c5Oc5cc(C)cc2c53)B2c3cc5c(cc3Oc3cc(C)cc(c32)O4)Nc2cc(C)cc3c2B5c2sc4ccccc4c2O3)c(C)c1. The van der Waals surface area contributed by atoms with Crippen molar-refractivity contribution in [3.63, 3.8) is 0 Å². The van der Waals surface area contributed by atoms with Crippen LogP contribution in [-0.2, 0) is 0 Å². The maximum absolute atomic E-state index is 7.25. The third kappa shape index (κ3) is 5.09. The van der Waals surface area contributed by atoms with Crippen LogP contribution in [0.4, 0.5) is 28.4 Å². The van der Waals surface area contributed by atoms with Gasteiger partial charge in [-0.05, 0) is 163 Å². The van der Waals surface area contributed by atoms with Gasteiger partial charge in [0, 0.05) is 70.1 Å². The molecular formula is C58H39B3N2O4S2. The number of aryl methyl sites for hydroxylation is 6. The molecule has 0 spiro atoms. The monoisotopic (exact) mass is 924 g/mol. The largest absolute Gasteiger partial charge is 0.458 e. The predicted molar refractivity (Wildman–Crippen MR) is 290 cm³/mol. The van der Waals surface area contributed by atoms with Gasteiger partial charge in [0.05, 0.1) is 5.69 Å². The molecule has 6 aliphatic rings. The molecule has 8 aromatic carbocycles. The lowest BCUT2D eigenvalue weighted by Gasteiger charge is -2.42. The summed E-state index contributed by atoms with van der Waals surface area (Å²) in [4.78, 5) is 2.51. The topological polar surface area (TPSA) is 52.2 Å². The van der Waals surface area contributed by atoms with Crippen LogP contribution in [0.3, 0.4) is 0 Å². The van der Waals surface area contributed by atoms with E-state index >= 15 is 0 Å². The maximum Gasteiger partial charge on any atom is 0.268 e. The number of ether oxygens (including phenoxy) is 4. The summed E-state index contributed by atoms with van der Waals surface area (Å²) in [7, 11) is 0. The number of hydrogen-bond acceptors (Lipinski definition) is 8. The third-order valence-electron chi connectivity index (χ3n) is 15.4. The highest BCUT2D eigenvalue weighted by atomic mass is 32.1. The Morgan fingerprint density at radius 3 is 1.59 bits per heavy atom. The van der Waals surface area contributed by atoms with Crippen molar-refractivity contribution in [1.82, 2.24) is 0 Å². The van der Waals surface area contributed by atoms with Gasteiger partial charge in [0.1, 0.15) is 46.0 Å². The minimum absolute atomic E-state index is 0.0263. The minimum Gasteiger partial charge on any atom is -0.458 e. The van der Waals surface area contributed by atoms with E-state index in [9.17, 15) is 0 Å². The van der Waals surface area contributed by atoms with Crippen LogP contribution in [0, 0.1) is 41.5 Å². The maximum atomic E-state index is 7.25. The van der Waals surface area contributed by atoms with Gasteiger partial charge in [-0.3, -0.25) is 0 Å². The average Bonchev–Trinajstić information content (AvgIpc) is 3.88. The van der Waals surface area contributed by atoms with E-state index < -0.39 is 0 Å². The highest BCUT2D eigenvalue weighted by Gasteiger charge is 2.49. The highest BCUT2D eigenvalue weighted by Crippen LogP contribution is 2.48. The summed E-state index contributed by atoms with van der Waals surface area (Å²) in [5.41, 5.74) is 20.9. The Hall–Kier alpha value is -7.33. The summed E-state index contributed by atoms with van der Waals surface area (Å²) < 4.78 is 33.3. The van der Waals surface area contributed by atoms with Gasteiger partial charge < -0.3 is 29.2 Å². The minimum atomic E-state index is -0.170. The summed E-state index contributed by atoms with van der Waals surface area (Å²) in [5, 5.41) is 6.20. The number of thiophene rings is 2. The lowest BCUT2D eigenvalue weighted by molar-refractivity contribution is 0.464. The van der Waals surface area contributed by atoms with Crippen molar-refractivity contribution in [2.24, 2.45) is 0 Å². The quantitative estimate of drug-likeness (QED) is 0.166. The van der Waals surface area contributed by atoms with Gasteiger partial charge in [0.15, 0.2) is 0 Å². The zero-order valence-corrected chi connectivity index (χ0v) is 40.3. The fraction of sp³-hybridized carbons (Fsp3) is 0.103. The third-order valence-corrected chi connectivity index (χ3v) is 17.8. The normalized spacial score (nSPS) is 14.4. The lowest BCUT2D eigenvalue weighted by Crippen LogP contribution is -2.63. The Labute approximate surface area is 408 Å². The Morgan fingerprint density at radius 1 is 0.420 bits per heavy atom. The van der Waals surface area contributed by atoms with E-state index in [4.69, 9.17) is 18.9 Å². The molecule has 0 aliphatic carbocycles. The molecule has 0 amide bonds. The highest BCUT2D eigenvalue weighted by molar-refractivity contribution is 7.34. The van der Waals surface area contributed by atoms with Crippen molar-refractivity contribution >= 4 is 139 Å². The zero-order valence-electron chi connectivity index (χ0n) is 38.7. The van der Waals surface area contributed by atoms with E-state index in [-0.39, 0.29) is 20.1 Å². The molecule has 8 heterocycles. The van der Waals surface area contributed by atoms with Gasteiger partial charge in [-0.15, -0.1) is 22.7 Å². The molecule has 326 valence electrons. The van der Waals surface area contributed by atoms with Crippen molar-refractivity contribution in [2.75, 3.05) is 10.2 Å². The average molecular weight is 925 g/mol. The molecule has 6 aliphatic heterocycles. The number of nitrogens with zero attached hydrogens (tertiary/aromatic N) is 1. The summed E-state index contributed by atoms with van der Waals surface area (Å²) in [6.07, 6.45) is 0. The Morgan fingerprint density at radius 2 is 0.942 bits per heavy atom. The van der Waals surface area contributed by atoms with Crippen molar-refractivity contribution in [1.29, 1.82) is 0 Å². The number of anilines is 5. The molecule has 69 heavy (non-hydrogen) atoms. The van der Waals surface area contributed by atoms with Crippen molar-refractivity contribution in [2.45, 2.75) is 41.5 Å². The molecule has 0 saturated carbocycles.